The van der Waals surface area contributed by atoms with E-state index in [1.165, 1.54) is 0 Å². The Bertz CT molecular complexity index is 2140. The van der Waals surface area contributed by atoms with Crippen molar-refractivity contribution in [2.75, 3.05) is 26.1 Å². The van der Waals surface area contributed by atoms with Gasteiger partial charge < -0.3 is 33.2 Å². The number of carbonyl (C=O) groups excluding carboxylic acids is 4. The van der Waals surface area contributed by atoms with Crippen molar-refractivity contribution in [3.05, 3.63) is 53.6 Å². The molecule has 0 amide bonds. The van der Waals surface area contributed by atoms with E-state index in [4.69, 9.17) is 37.3 Å². The summed E-state index contributed by atoms with van der Waals surface area (Å²) in [5.74, 6) is -1.88. The molecule has 2 heterocycles. The van der Waals surface area contributed by atoms with E-state index in [0.717, 1.165) is 17.4 Å². The average molecular weight is 889 g/mol. The lowest BCUT2D eigenvalue weighted by molar-refractivity contribution is -0.294. The zero-order chi connectivity index (χ0) is 46.4. The summed E-state index contributed by atoms with van der Waals surface area (Å²) in [5.41, 5.74) is -1.48. The second-order valence-electron chi connectivity index (χ2n) is 19.6. The van der Waals surface area contributed by atoms with E-state index in [9.17, 15) is 27.6 Å². The summed E-state index contributed by atoms with van der Waals surface area (Å²) in [6.45, 7) is 19.8. The van der Waals surface area contributed by atoms with Crippen molar-refractivity contribution in [2.24, 2.45) is 21.7 Å². The fourth-order valence-electron chi connectivity index (χ4n) is 5.79. The van der Waals surface area contributed by atoms with Crippen LogP contribution in [0.15, 0.2) is 42.5 Å². The summed E-state index contributed by atoms with van der Waals surface area (Å²) < 4.78 is 70.0. The molecule has 1 aromatic heterocycles. The number of H-pyrrole nitrogens is 1. The van der Waals surface area contributed by atoms with Gasteiger partial charge in [-0.2, -0.15) is 8.42 Å². The van der Waals surface area contributed by atoms with Crippen LogP contribution in [-0.4, -0.2) is 99.3 Å². The summed E-state index contributed by atoms with van der Waals surface area (Å²) in [5, 5.41) is 8.11. The van der Waals surface area contributed by atoms with E-state index in [-0.39, 0.29) is 19.1 Å². The molecule has 17 heteroatoms. The molecule has 3 aromatic rings. The van der Waals surface area contributed by atoms with Crippen LogP contribution in [0.5, 0.6) is 11.6 Å². The Labute approximate surface area is 365 Å². The monoisotopic (exact) mass is 888 g/mol. The van der Waals surface area contributed by atoms with Gasteiger partial charge in [0.05, 0.1) is 52.0 Å². The van der Waals surface area contributed by atoms with E-state index in [1.54, 1.807) is 83.1 Å². The number of hydrogen-bond donors (Lipinski definition) is 1. The standard InChI is InChI=1S/C45H64N2O14S/c1-42(2,3)38(48)55-26-31-33(58-39(49)43(4,5)6)34(59-40(50)44(7,8)9)35(60-41(51)45(10,11)12)37(57-31)61-36-32-28(16-14-17-30(32)46-47-36)21-18-27-19-22-29(23-20-27)54-24-15-25-56-62(13,52)53/h14,16-17,19-20,22-23,31,33-35,37H,15,18,21,24-26H2,1-13H3,(H,46,47)/t31-,33-,34+,35-,37+/m1/s1. The number of hydrogen-bond acceptors (Lipinski definition) is 15. The number of aryl methyl sites for hydroxylation is 2. The van der Waals surface area contributed by atoms with E-state index >= 15 is 0 Å². The molecule has 1 N–H and O–H groups in total. The number of aromatic amines is 1. The maximum absolute atomic E-state index is 13.7. The minimum absolute atomic E-state index is 0.0316. The van der Waals surface area contributed by atoms with Gasteiger partial charge in [-0.05, 0) is 125 Å². The molecule has 344 valence electrons. The van der Waals surface area contributed by atoms with E-state index in [2.05, 4.69) is 10.2 Å². The van der Waals surface area contributed by atoms with E-state index in [1.807, 2.05) is 42.5 Å². The molecule has 0 radical (unpaired) electrons. The van der Waals surface area contributed by atoms with Crippen molar-refractivity contribution in [3.8, 4) is 11.6 Å². The molecular formula is C45H64N2O14S. The summed E-state index contributed by atoms with van der Waals surface area (Å²) in [4.78, 5) is 54.1. The Morgan fingerprint density at radius 3 is 1.79 bits per heavy atom. The van der Waals surface area contributed by atoms with Crippen molar-refractivity contribution in [2.45, 2.75) is 133 Å². The van der Waals surface area contributed by atoms with Crippen molar-refractivity contribution in [3.63, 3.8) is 0 Å². The highest BCUT2D eigenvalue weighted by atomic mass is 32.2. The maximum Gasteiger partial charge on any atom is 0.311 e. The third kappa shape index (κ3) is 14.1. The molecule has 0 bridgehead atoms. The number of carbonyl (C=O) groups is 4. The molecule has 0 unspecified atom stereocenters. The zero-order valence-corrected chi connectivity index (χ0v) is 39.1. The minimum atomic E-state index is -3.51. The molecule has 1 saturated heterocycles. The lowest BCUT2D eigenvalue weighted by Crippen LogP contribution is -2.65. The van der Waals surface area contributed by atoms with Crippen LogP contribution in [0.1, 0.15) is 101 Å². The van der Waals surface area contributed by atoms with Crippen LogP contribution in [0, 0.1) is 21.7 Å². The zero-order valence-electron chi connectivity index (χ0n) is 38.2. The van der Waals surface area contributed by atoms with Gasteiger partial charge in [0.1, 0.15) is 18.5 Å². The lowest BCUT2D eigenvalue weighted by Gasteiger charge is -2.45. The van der Waals surface area contributed by atoms with Gasteiger partial charge in [-0.15, -0.1) is 5.10 Å². The highest BCUT2D eigenvalue weighted by Gasteiger charge is 2.56. The molecular weight excluding hydrogens is 825 g/mol. The van der Waals surface area contributed by atoms with Crippen LogP contribution >= 0.6 is 0 Å². The quantitative estimate of drug-likeness (QED) is 0.0691. The molecule has 62 heavy (non-hydrogen) atoms. The third-order valence-corrected chi connectivity index (χ3v) is 10.1. The Kier molecular flexibility index (Phi) is 15.9. The molecule has 5 atom stereocenters. The highest BCUT2D eigenvalue weighted by molar-refractivity contribution is 7.85. The normalized spacial score (nSPS) is 20.0. The second-order valence-corrected chi connectivity index (χ2v) is 21.3. The Balaban J connectivity index is 1.71. The smallest absolute Gasteiger partial charge is 0.311 e. The average Bonchev–Trinajstić information content (AvgIpc) is 3.56. The Morgan fingerprint density at radius 1 is 0.694 bits per heavy atom. The van der Waals surface area contributed by atoms with E-state index < -0.39 is 93.0 Å². The first-order valence-corrected chi connectivity index (χ1v) is 22.5. The highest BCUT2D eigenvalue weighted by Crippen LogP contribution is 2.37. The van der Waals surface area contributed by atoms with Crippen molar-refractivity contribution < 1.29 is 64.9 Å². The van der Waals surface area contributed by atoms with Crippen LogP contribution in [0.25, 0.3) is 10.9 Å². The first-order valence-electron chi connectivity index (χ1n) is 20.7. The van der Waals surface area contributed by atoms with Crippen molar-refractivity contribution in [1.29, 1.82) is 0 Å². The number of nitrogens with zero attached hydrogens (tertiary/aromatic N) is 1. The number of fused-ring (bicyclic) bond motifs is 1. The van der Waals surface area contributed by atoms with Crippen LogP contribution in [0.2, 0.25) is 0 Å². The number of nitrogens with one attached hydrogen (secondary N) is 1. The van der Waals surface area contributed by atoms with Crippen LogP contribution in [0.3, 0.4) is 0 Å². The van der Waals surface area contributed by atoms with Gasteiger partial charge in [0.25, 0.3) is 10.1 Å². The molecule has 1 fully saturated rings. The van der Waals surface area contributed by atoms with Gasteiger partial charge in [-0.3, -0.25) is 28.5 Å². The van der Waals surface area contributed by atoms with Gasteiger partial charge in [0.2, 0.25) is 18.3 Å². The molecule has 16 nitrogen and oxygen atoms in total. The van der Waals surface area contributed by atoms with Crippen molar-refractivity contribution in [1.82, 2.24) is 10.2 Å². The SMILES string of the molecule is CC(C)(C)C(=O)OC[C@H]1O[C@@H](Oc2n[nH]c3cccc(CCc4ccc(OCCCOS(C)(=O)=O)cc4)c23)[C@H](OC(=O)C(C)(C)C)[C@@H](OC(=O)C(C)(C)C)[C@@H]1OC(=O)C(C)(C)C. The number of benzene rings is 2. The predicted molar refractivity (Wildman–Crippen MR) is 229 cm³/mol. The molecule has 1 aliphatic heterocycles. The Morgan fingerprint density at radius 2 is 1.24 bits per heavy atom. The lowest BCUT2D eigenvalue weighted by atomic mass is 9.93. The second kappa shape index (κ2) is 19.8. The summed E-state index contributed by atoms with van der Waals surface area (Å²) in [6.07, 6.45) is -4.64. The first kappa shape index (κ1) is 49.9. The fourth-order valence-corrected chi connectivity index (χ4v) is 6.21. The number of esters is 4. The Hall–Kier alpha value is -4.74. The number of aromatic nitrogens is 2. The van der Waals surface area contributed by atoms with E-state index in [0.29, 0.717) is 35.9 Å². The van der Waals surface area contributed by atoms with Crippen LogP contribution < -0.4 is 9.47 Å². The largest absolute Gasteiger partial charge is 0.494 e. The predicted octanol–water partition coefficient (Wildman–Crippen LogP) is 6.66. The molecule has 0 spiro atoms. The topological polar surface area (TPSA) is 205 Å². The van der Waals surface area contributed by atoms with Gasteiger partial charge >= 0.3 is 23.9 Å². The molecule has 2 aromatic carbocycles. The minimum Gasteiger partial charge on any atom is -0.494 e. The summed E-state index contributed by atoms with van der Waals surface area (Å²) in [7, 11) is -3.51. The molecule has 1 aliphatic rings. The number of rotatable bonds is 16. The summed E-state index contributed by atoms with van der Waals surface area (Å²) in [6, 6.07) is 13.2. The van der Waals surface area contributed by atoms with Crippen molar-refractivity contribution >= 4 is 44.9 Å². The fraction of sp³-hybridized carbons (Fsp3) is 0.622. The van der Waals surface area contributed by atoms with Gasteiger partial charge in [0.15, 0.2) is 12.2 Å². The van der Waals surface area contributed by atoms with Gasteiger partial charge in [-0.25, -0.2) is 0 Å². The summed E-state index contributed by atoms with van der Waals surface area (Å²) >= 11 is 0. The number of ether oxygens (including phenoxy) is 7. The van der Waals surface area contributed by atoms with Gasteiger partial charge in [-0.1, -0.05) is 24.3 Å². The van der Waals surface area contributed by atoms with Gasteiger partial charge in [0, 0.05) is 6.42 Å². The maximum atomic E-state index is 13.7. The van der Waals surface area contributed by atoms with Crippen LogP contribution in [0.4, 0.5) is 0 Å². The third-order valence-electron chi connectivity index (χ3n) is 9.48. The first-order chi connectivity index (χ1) is 28.5. The van der Waals surface area contributed by atoms with Crippen LogP contribution in [-0.2, 0) is 70.0 Å². The molecule has 0 saturated carbocycles. The molecule has 4 rings (SSSR count). The molecule has 0 aliphatic carbocycles.